The van der Waals surface area contributed by atoms with Crippen molar-refractivity contribution in [1.29, 1.82) is 0 Å². The molecule has 5 heterocycles. The molecule has 220 valence electrons. The number of hydrogen-bond acceptors (Lipinski definition) is 8. The van der Waals surface area contributed by atoms with Gasteiger partial charge in [-0.05, 0) is 86.5 Å². The van der Waals surface area contributed by atoms with Gasteiger partial charge in [0.2, 0.25) is 5.95 Å². The Morgan fingerprint density at radius 1 is 1.26 bits per heavy atom. The number of aliphatic imine (C=N–C) groups is 1. The van der Waals surface area contributed by atoms with E-state index in [2.05, 4.69) is 64.7 Å². The summed E-state index contributed by atoms with van der Waals surface area (Å²) in [6, 6.07) is 4.56. The molecule has 3 aliphatic heterocycles. The molecule has 1 saturated heterocycles. The van der Waals surface area contributed by atoms with Crippen LogP contribution in [0.25, 0.3) is 5.57 Å². The Morgan fingerprint density at radius 3 is 2.88 bits per heavy atom. The van der Waals surface area contributed by atoms with E-state index in [-0.39, 0.29) is 17.7 Å². The second-order valence-corrected chi connectivity index (χ2v) is 12.8. The number of fused-ring (bicyclic) bond motifs is 2. The van der Waals surface area contributed by atoms with Crippen molar-refractivity contribution in [3.8, 4) is 12.3 Å². The fourth-order valence-corrected chi connectivity index (χ4v) is 7.71. The van der Waals surface area contributed by atoms with Crippen molar-refractivity contribution in [2.24, 2.45) is 4.99 Å². The minimum atomic E-state index is -1.43. The lowest BCUT2D eigenvalue weighted by atomic mass is 9.85. The first-order valence-electron chi connectivity index (χ1n) is 14.5. The van der Waals surface area contributed by atoms with Gasteiger partial charge in [-0.2, -0.15) is 0 Å². The lowest BCUT2D eigenvalue weighted by Crippen LogP contribution is -2.42. The average Bonchev–Trinajstić information content (AvgIpc) is 3.50. The molecule has 0 saturated carbocycles. The highest BCUT2D eigenvalue weighted by Crippen LogP contribution is 2.44. The molecule has 0 aromatic carbocycles. The molecule has 2 aromatic rings. The van der Waals surface area contributed by atoms with Crippen LogP contribution < -0.4 is 5.32 Å². The molecule has 2 aromatic heterocycles. The molecule has 11 heteroatoms. The van der Waals surface area contributed by atoms with Crippen LogP contribution in [0.1, 0.15) is 50.6 Å². The summed E-state index contributed by atoms with van der Waals surface area (Å²) in [6.45, 7) is 10.4. The number of likely N-dealkylation sites (tertiary alicyclic amines) is 1. The van der Waals surface area contributed by atoms with E-state index in [4.69, 9.17) is 11.4 Å². The first-order valence-corrected chi connectivity index (χ1v) is 15.6. The van der Waals surface area contributed by atoms with Crippen molar-refractivity contribution < 1.29 is 8.78 Å². The quantitative estimate of drug-likeness (QED) is 0.247. The van der Waals surface area contributed by atoms with Gasteiger partial charge in [0.1, 0.15) is 23.2 Å². The minimum absolute atomic E-state index is 0.0368. The fraction of sp³-hybridized carbons (Fsp3) is 0.484. The topological polar surface area (TPSA) is 72.8 Å². The number of amidine groups is 1. The van der Waals surface area contributed by atoms with Crippen LogP contribution in [0, 0.1) is 18.2 Å². The number of aromatic nitrogens is 3. The molecule has 1 fully saturated rings. The fourth-order valence-electron chi connectivity index (χ4n) is 6.39. The molecule has 4 aliphatic rings. The molecule has 0 amide bonds. The zero-order valence-electron chi connectivity index (χ0n) is 24.1. The van der Waals surface area contributed by atoms with Gasteiger partial charge in [0.15, 0.2) is 9.66 Å². The predicted molar refractivity (Wildman–Crippen MR) is 170 cm³/mol. The van der Waals surface area contributed by atoms with E-state index in [0.29, 0.717) is 33.5 Å². The molecule has 1 aliphatic carbocycles. The number of halogens is 3. The minimum Gasteiger partial charge on any atom is -0.320 e. The van der Waals surface area contributed by atoms with Gasteiger partial charge in [-0.25, -0.2) is 28.7 Å². The summed E-state index contributed by atoms with van der Waals surface area (Å²) in [5, 5.41) is 3.13. The van der Waals surface area contributed by atoms with E-state index in [1.54, 1.807) is 13.0 Å². The predicted octanol–water partition coefficient (Wildman–Crippen LogP) is 5.10. The number of allylic oxidation sites excluding steroid dienone is 2. The SMILES string of the molecule is C#CCN1CCCC1CN1CCc2nc(Nc3ncc(F)c(C4=CC(F)C5(C)N=C(I)N(C(C)C)C5=C4)n3)ccc2C1. The number of anilines is 2. The van der Waals surface area contributed by atoms with E-state index in [9.17, 15) is 0 Å². The molecule has 0 bridgehead atoms. The van der Waals surface area contributed by atoms with Crippen molar-refractivity contribution in [3.05, 3.63) is 58.9 Å². The van der Waals surface area contributed by atoms with Gasteiger partial charge in [0.05, 0.1) is 18.4 Å². The lowest BCUT2D eigenvalue weighted by molar-refractivity contribution is 0.171. The summed E-state index contributed by atoms with van der Waals surface area (Å²) in [6.07, 6.45) is 11.7. The van der Waals surface area contributed by atoms with E-state index in [0.717, 1.165) is 44.5 Å². The average molecular weight is 685 g/mol. The number of alkyl halides is 1. The van der Waals surface area contributed by atoms with Crippen LogP contribution in [0.4, 0.5) is 20.5 Å². The van der Waals surface area contributed by atoms with Crippen LogP contribution in [0.15, 0.2) is 41.2 Å². The van der Waals surface area contributed by atoms with Gasteiger partial charge < -0.3 is 10.2 Å². The Morgan fingerprint density at radius 2 is 2.10 bits per heavy atom. The van der Waals surface area contributed by atoms with Gasteiger partial charge in [0.25, 0.3) is 0 Å². The van der Waals surface area contributed by atoms with Crippen LogP contribution in [-0.4, -0.2) is 83.5 Å². The number of nitrogens with one attached hydrogen (secondary N) is 1. The number of terminal acetylenes is 1. The highest BCUT2D eigenvalue weighted by molar-refractivity contribution is 14.1. The van der Waals surface area contributed by atoms with E-state index in [1.165, 1.54) is 24.5 Å². The molecule has 0 radical (unpaired) electrons. The highest BCUT2D eigenvalue weighted by Gasteiger charge is 2.48. The zero-order valence-corrected chi connectivity index (χ0v) is 26.3. The lowest BCUT2D eigenvalue weighted by Gasteiger charge is -2.34. The Labute approximate surface area is 259 Å². The second kappa shape index (κ2) is 11.6. The monoisotopic (exact) mass is 684 g/mol. The summed E-state index contributed by atoms with van der Waals surface area (Å²) >= 11 is 2.13. The third kappa shape index (κ3) is 5.44. The maximum atomic E-state index is 15.5. The van der Waals surface area contributed by atoms with Crippen LogP contribution in [0.2, 0.25) is 0 Å². The van der Waals surface area contributed by atoms with Gasteiger partial charge >= 0.3 is 0 Å². The number of nitrogens with zero attached hydrogens (tertiary/aromatic N) is 7. The number of rotatable bonds is 7. The smallest absolute Gasteiger partial charge is 0.229 e. The van der Waals surface area contributed by atoms with Gasteiger partial charge in [-0.3, -0.25) is 9.80 Å². The molecular weight excluding hydrogens is 649 g/mol. The van der Waals surface area contributed by atoms with Crippen LogP contribution in [-0.2, 0) is 13.0 Å². The maximum absolute atomic E-state index is 15.5. The molecule has 8 nitrogen and oxygen atoms in total. The molecule has 3 unspecified atom stereocenters. The zero-order chi connectivity index (χ0) is 29.6. The number of pyridine rings is 1. The van der Waals surface area contributed by atoms with Gasteiger partial charge in [0, 0.05) is 49.4 Å². The van der Waals surface area contributed by atoms with Crippen LogP contribution in [0.5, 0.6) is 0 Å². The molecule has 6 rings (SSSR count). The molecule has 0 spiro atoms. The summed E-state index contributed by atoms with van der Waals surface area (Å²) in [5.41, 5.74) is 2.29. The first-order chi connectivity index (χ1) is 20.2. The van der Waals surface area contributed by atoms with Crippen molar-refractivity contribution in [2.45, 2.75) is 70.4 Å². The first kappa shape index (κ1) is 29.1. The highest BCUT2D eigenvalue weighted by atomic mass is 127. The van der Waals surface area contributed by atoms with Crippen LogP contribution in [0.3, 0.4) is 0 Å². The Hall–Kier alpha value is -2.95. The largest absolute Gasteiger partial charge is 0.320 e. The summed E-state index contributed by atoms with van der Waals surface area (Å²) in [5.74, 6) is 2.96. The Balaban J connectivity index is 1.18. The molecule has 42 heavy (non-hydrogen) atoms. The van der Waals surface area contributed by atoms with Gasteiger partial charge in [-0.1, -0.05) is 12.0 Å². The molecule has 1 N–H and O–H groups in total. The third-order valence-corrected chi connectivity index (χ3v) is 9.38. The van der Waals surface area contributed by atoms with E-state index >= 15 is 8.78 Å². The maximum Gasteiger partial charge on any atom is 0.229 e. The Kier molecular flexibility index (Phi) is 8.06. The standard InChI is InChI=1S/C31H35F2IN8/c1-5-11-41-12-6-7-22(41)18-40-13-10-24-20(17-40)8-9-27(36-24)37-30-35-16-23(32)28(38-30)21-14-25(33)31(4)26(15-21)42(19(2)3)29(34)39-31/h1,8-9,14-16,19,22,25H,6-7,10-13,17-18H2,2-4H3,(H,35,36,37,38). The summed E-state index contributed by atoms with van der Waals surface area (Å²) in [7, 11) is 0. The van der Waals surface area contributed by atoms with Crippen molar-refractivity contribution >= 4 is 43.8 Å². The normalized spacial score (nSPS) is 26.0. The summed E-state index contributed by atoms with van der Waals surface area (Å²) in [4.78, 5) is 24.9. The van der Waals surface area contributed by atoms with E-state index in [1.807, 2.05) is 24.8 Å². The van der Waals surface area contributed by atoms with Crippen molar-refractivity contribution in [3.63, 3.8) is 0 Å². The Bertz CT molecular complexity index is 1510. The van der Waals surface area contributed by atoms with Gasteiger partial charge in [-0.15, -0.1) is 6.42 Å². The molecular formula is C31H35F2IN8. The van der Waals surface area contributed by atoms with Crippen LogP contribution >= 0.6 is 22.6 Å². The molecule has 3 atom stereocenters. The number of hydrogen-bond donors (Lipinski definition) is 1. The van der Waals surface area contributed by atoms with Crippen molar-refractivity contribution in [1.82, 2.24) is 29.7 Å². The third-order valence-electron chi connectivity index (χ3n) is 8.62. The van der Waals surface area contributed by atoms with Crippen molar-refractivity contribution in [2.75, 3.05) is 31.5 Å². The van der Waals surface area contributed by atoms with E-state index < -0.39 is 17.5 Å². The second-order valence-electron chi connectivity index (χ2n) is 11.8. The summed E-state index contributed by atoms with van der Waals surface area (Å²) < 4.78 is 31.3.